The Kier molecular flexibility index (Phi) is 6.47. The Morgan fingerprint density at radius 3 is 2.50 bits per heavy atom. The first-order chi connectivity index (χ1) is 15.4. The molecular formula is C27H28FN3O. The number of benzene rings is 3. The van der Waals surface area contributed by atoms with E-state index in [2.05, 4.69) is 17.2 Å². The maximum absolute atomic E-state index is 14.5. The van der Waals surface area contributed by atoms with Gasteiger partial charge in [0, 0.05) is 18.5 Å². The molecule has 0 fully saturated rings. The minimum atomic E-state index is -0.318. The quantitative estimate of drug-likeness (QED) is 0.536. The molecule has 0 N–H and O–H groups in total. The van der Waals surface area contributed by atoms with E-state index in [4.69, 9.17) is 0 Å². The highest BCUT2D eigenvalue weighted by atomic mass is 19.1. The third-order valence-electron chi connectivity index (χ3n) is 5.84. The highest BCUT2D eigenvalue weighted by Crippen LogP contribution is 2.35. The van der Waals surface area contributed by atoms with Crippen molar-refractivity contribution in [2.45, 2.75) is 32.9 Å². The van der Waals surface area contributed by atoms with E-state index >= 15 is 0 Å². The summed E-state index contributed by atoms with van der Waals surface area (Å²) in [5, 5.41) is 6.19. The van der Waals surface area contributed by atoms with Crippen LogP contribution in [0.2, 0.25) is 0 Å². The number of carbonyl (C=O) groups excluding carboxylic acids is 1. The first kappa shape index (κ1) is 21.9. The first-order valence-electron chi connectivity index (χ1n) is 10.9. The van der Waals surface area contributed by atoms with Gasteiger partial charge in [-0.2, -0.15) is 5.10 Å². The van der Waals surface area contributed by atoms with Gasteiger partial charge in [-0.25, -0.2) is 9.40 Å². The third-order valence-corrected chi connectivity index (χ3v) is 5.84. The molecule has 1 aliphatic heterocycles. The van der Waals surface area contributed by atoms with Gasteiger partial charge in [-0.15, -0.1) is 0 Å². The van der Waals surface area contributed by atoms with Gasteiger partial charge in [0.1, 0.15) is 5.82 Å². The van der Waals surface area contributed by atoms with E-state index < -0.39 is 0 Å². The molecule has 0 unspecified atom stereocenters. The zero-order valence-electron chi connectivity index (χ0n) is 18.8. The summed E-state index contributed by atoms with van der Waals surface area (Å²) in [4.78, 5) is 15.3. The summed E-state index contributed by atoms with van der Waals surface area (Å²) in [6.45, 7) is 4.99. The van der Waals surface area contributed by atoms with Crippen LogP contribution >= 0.6 is 0 Å². The normalized spacial score (nSPS) is 15.8. The molecule has 1 heterocycles. The van der Waals surface area contributed by atoms with Gasteiger partial charge >= 0.3 is 0 Å². The Morgan fingerprint density at radius 2 is 1.78 bits per heavy atom. The lowest BCUT2D eigenvalue weighted by Crippen LogP contribution is -2.36. The molecule has 4 nitrogen and oxygen atoms in total. The third kappa shape index (κ3) is 4.78. The van der Waals surface area contributed by atoms with Gasteiger partial charge in [-0.05, 0) is 43.7 Å². The Morgan fingerprint density at radius 1 is 1.06 bits per heavy atom. The summed E-state index contributed by atoms with van der Waals surface area (Å²) in [6, 6.07) is 22.6. The van der Waals surface area contributed by atoms with E-state index in [9.17, 15) is 9.18 Å². The number of likely N-dealkylation sites (N-methyl/N-ethyl adjacent to an activating group) is 1. The molecule has 0 spiro atoms. The van der Waals surface area contributed by atoms with Gasteiger partial charge < -0.3 is 0 Å². The van der Waals surface area contributed by atoms with Crippen LogP contribution in [0.4, 0.5) is 4.39 Å². The van der Waals surface area contributed by atoms with Crippen LogP contribution in [0.1, 0.15) is 40.3 Å². The van der Waals surface area contributed by atoms with Gasteiger partial charge in [0.15, 0.2) is 0 Å². The van der Waals surface area contributed by atoms with Crippen LogP contribution in [0.3, 0.4) is 0 Å². The predicted molar refractivity (Wildman–Crippen MR) is 126 cm³/mol. The van der Waals surface area contributed by atoms with Gasteiger partial charge in [0.25, 0.3) is 5.91 Å². The summed E-state index contributed by atoms with van der Waals surface area (Å²) in [6.07, 6.45) is 0.485. The van der Waals surface area contributed by atoms with Gasteiger partial charge in [0.2, 0.25) is 0 Å². The predicted octanol–water partition coefficient (Wildman–Crippen LogP) is 5.25. The molecule has 1 atom stereocenters. The number of hydrogen-bond acceptors (Lipinski definition) is 3. The minimum Gasteiger partial charge on any atom is -0.293 e. The molecule has 5 heteroatoms. The zero-order chi connectivity index (χ0) is 22.7. The van der Waals surface area contributed by atoms with E-state index in [-0.39, 0.29) is 24.3 Å². The van der Waals surface area contributed by atoms with E-state index in [0.717, 1.165) is 16.7 Å². The summed E-state index contributed by atoms with van der Waals surface area (Å²) >= 11 is 0. The molecule has 164 valence electrons. The Bertz CT molecular complexity index is 1140. The fourth-order valence-electron chi connectivity index (χ4n) is 4.29. The Labute approximate surface area is 189 Å². The Balaban J connectivity index is 1.61. The monoisotopic (exact) mass is 429 g/mol. The molecule has 4 rings (SSSR count). The number of amides is 1. The number of carbonyl (C=O) groups is 1. The van der Waals surface area contributed by atoms with Crippen LogP contribution in [0.15, 0.2) is 77.9 Å². The number of halogens is 1. The number of aryl methyl sites for hydroxylation is 2. The smallest absolute Gasteiger partial charge is 0.257 e. The lowest BCUT2D eigenvalue weighted by molar-refractivity contribution is -0.134. The summed E-state index contributed by atoms with van der Waals surface area (Å²) in [7, 11) is 1.93. The van der Waals surface area contributed by atoms with E-state index in [0.29, 0.717) is 24.2 Å². The fourth-order valence-corrected chi connectivity index (χ4v) is 4.29. The largest absolute Gasteiger partial charge is 0.293 e. The van der Waals surface area contributed by atoms with E-state index in [1.165, 1.54) is 11.6 Å². The van der Waals surface area contributed by atoms with Crippen molar-refractivity contribution >= 4 is 11.6 Å². The SMILES string of the molecule is Cc1ccc([C@H]2CC(c3ccccc3F)=NN2C(=O)CN(C)Cc2ccccc2)c(C)c1. The van der Waals surface area contributed by atoms with E-state index in [1.807, 2.05) is 62.2 Å². The molecule has 0 saturated carbocycles. The maximum atomic E-state index is 14.5. The molecule has 0 bridgehead atoms. The lowest BCUT2D eigenvalue weighted by atomic mass is 9.94. The number of nitrogens with zero attached hydrogens (tertiary/aromatic N) is 3. The topological polar surface area (TPSA) is 35.9 Å². The second kappa shape index (κ2) is 9.45. The van der Waals surface area contributed by atoms with Crippen molar-refractivity contribution < 1.29 is 9.18 Å². The van der Waals surface area contributed by atoms with Gasteiger partial charge in [-0.3, -0.25) is 9.69 Å². The standard InChI is InChI=1S/C27H28FN3O/c1-19-13-14-22(20(2)15-19)26-16-25(23-11-7-8-12-24(23)28)29-31(26)27(32)18-30(3)17-21-9-5-4-6-10-21/h4-15,26H,16-18H2,1-3H3/t26-/m1/s1. The fraction of sp³-hybridized carbons (Fsp3) is 0.259. The molecule has 0 saturated heterocycles. The highest BCUT2D eigenvalue weighted by Gasteiger charge is 2.34. The molecule has 0 aromatic heterocycles. The molecule has 3 aromatic rings. The first-order valence-corrected chi connectivity index (χ1v) is 10.9. The van der Waals surface area contributed by atoms with Crippen LogP contribution in [0.5, 0.6) is 0 Å². The van der Waals surface area contributed by atoms with Crippen LogP contribution in [0.25, 0.3) is 0 Å². The molecule has 1 amide bonds. The van der Waals surface area contributed by atoms with Crippen molar-refractivity contribution in [2.75, 3.05) is 13.6 Å². The highest BCUT2D eigenvalue weighted by molar-refractivity contribution is 6.03. The maximum Gasteiger partial charge on any atom is 0.257 e. The average molecular weight is 430 g/mol. The zero-order valence-corrected chi connectivity index (χ0v) is 18.8. The molecule has 0 aliphatic carbocycles. The number of hydrazone groups is 1. The second-order valence-corrected chi connectivity index (χ2v) is 8.50. The van der Waals surface area contributed by atoms with Crippen molar-refractivity contribution in [3.63, 3.8) is 0 Å². The van der Waals surface area contributed by atoms with Gasteiger partial charge in [0.05, 0.1) is 18.3 Å². The van der Waals surface area contributed by atoms with Crippen LogP contribution < -0.4 is 0 Å². The van der Waals surface area contributed by atoms with Crippen molar-refractivity contribution in [1.82, 2.24) is 9.91 Å². The second-order valence-electron chi connectivity index (χ2n) is 8.50. The summed E-state index contributed by atoms with van der Waals surface area (Å²) in [5.74, 6) is -0.416. The average Bonchev–Trinajstić information content (AvgIpc) is 3.19. The molecule has 32 heavy (non-hydrogen) atoms. The van der Waals surface area contributed by atoms with Crippen molar-refractivity contribution in [1.29, 1.82) is 0 Å². The lowest BCUT2D eigenvalue weighted by Gasteiger charge is -2.26. The summed E-state index contributed by atoms with van der Waals surface area (Å²) < 4.78 is 14.5. The molecule has 1 aliphatic rings. The van der Waals surface area contributed by atoms with Crippen LogP contribution in [-0.2, 0) is 11.3 Å². The Hall–Kier alpha value is -3.31. The van der Waals surface area contributed by atoms with E-state index in [1.54, 1.807) is 23.2 Å². The van der Waals surface area contributed by atoms with Crippen LogP contribution in [-0.4, -0.2) is 35.1 Å². The van der Waals surface area contributed by atoms with Crippen molar-refractivity contribution in [2.24, 2.45) is 5.10 Å². The number of rotatable bonds is 6. The van der Waals surface area contributed by atoms with Gasteiger partial charge in [-0.1, -0.05) is 72.3 Å². The van der Waals surface area contributed by atoms with Crippen LogP contribution in [0, 0.1) is 19.7 Å². The number of hydrogen-bond donors (Lipinski definition) is 0. The molecular weight excluding hydrogens is 401 g/mol. The van der Waals surface area contributed by atoms with Crippen molar-refractivity contribution in [3.8, 4) is 0 Å². The van der Waals surface area contributed by atoms with Crippen molar-refractivity contribution in [3.05, 3.63) is 106 Å². The molecule has 0 radical (unpaired) electrons. The minimum absolute atomic E-state index is 0.0975. The summed E-state index contributed by atoms with van der Waals surface area (Å²) in [5.41, 5.74) is 5.52. The molecule has 3 aromatic carbocycles.